The Morgan fingerprint density at radius 3 is 2.54 bits per heavy atom. The minimum Gasteiger partial charge on any atom is -0.478 e. The number of carboxylic acids is 1. The molecule has 0 saturated heterocycles. The number of rotatable bonds is 2. The van der Waals surface area contributed by atoms with E-state index in [0.717, 1.165) is 0 Å². The zero-order chi connectivity index (χ0) is 10.0. The van der Waals surface area contributed by atoms with Crippen LogP contribution in [0.5, 0.6) is 0 Å². The van der Waals surface area contributed by atoms with Crippen LogP contribution in [0.1, 0.15) is 22.3 Å². The predicted molar refractivity (Wildman–Crippen MR) is 36.1 cm³/mol. The lowest BCUT2D eigenvalue weighted by Gasteiger charge is -2.02. The Kier molecular flexibility index (Phi) is 2.50. The van der Waals surface area contributed by atoms with Gasteiger partial charge in [0.2, 0.25) is 0 Å². The topological polar surface area (TPSA) is 50.2 Å². The van der Waals surface area contributed by atoms with Gasteiger partial charge in [-0.1, -0.05) is 0 Å². The molecule has 0 aromatic carbocycles. The third-order valence-electron chi connectivity index (χ3n) is 1.37. The van der Waals surface area contributed by atoms with E-state index in [9.17, 15) is 18.0 Å². The number of pyridine rings is 1. The maximum atomic E-state index is 12.9. The zero-order valence-corrected chi connectivity index (χ0v) is 6.17. The molecule has 0 saturated carbocycles. The normalized spacial score (nSPS) is 10.5. The summed E-state index contributed by atoms with van der Waals surface area (Å²) in [5.74, 6) is -3.05. The molecule has 0 spiro atoms. The maximum absolute atomic E-state index is 12.9. The standard InChI is InChI=1S/C7H4F3NO2/c8-5-3(6(9)10)1-11-2-4(5)7(12)13/h1-2,6H,(H,12,13). The van der Waals surface area contributed by atoms with Crippen molar-refractivity contribution in [2.45, 2.75) is 6.43 Å². The summed E-state index contributed by atoms with van der Waals surface area (Å²) in [5, 5.41) is 8.35. The van der Waals surface area contributed by atoms with E-state index in [4.69, 9.17) is 5.11 Å². The van der Waals surface area contributed by atoms with Crippen molar-refractivity contribution >= 4 is 5.97 Å². The summed E-state index contributed by atoms with van der Waals surface area (Å²) >= 11 is 0. The van der Waals surface area contributed by atoms with Crippen LogP contribution in [0, 0.1) is 5.82 Å². The second kappa shape index (κ2) is 3.42. The van der Waals surface area contributed by atoms with Crippen LogP contribution in [0.4, 0.5) is 13.2 Å². The fourth-order valence-electron chi connectivity index (χ4n) is 0.762. The lowest BCUT2D eigenvalue weighted by Crippen LogP contribution is -2.05. The molecule has 6 heteroatoms. The monoisotopic (exact) mass is 191 g/mol. The molecule has 0 fully saturated rings. The van der Waals surface area contributed by atoms with Crippen molar-refractivity contribution in [2.75, 3.05) is 0 Å². The van der Waals surface area contributed by atoms with E-state index in [1.54, 1.807) is 0 Å². The van der Waals surface area contributed by atoms with E-state index in [-0.39, 0.29) is 0 Å². The highest BCUT2D eigenvalue weighted by Gasteiger charge is 2.20. The van der Waals surface area contributed by atoms with Crippen LogP contribution < -0.4 is 0 Å². The average Bonchev–Trinajstić information content (AvgIpc) is 2.03. The Labute approximate surface area is 70.8 Å². The molecular weight excluding hydrogens is 187 g/mol. The first-order chi connectivity index (χ1) is 6.04. The number of nitrogens with zero attached hydrogens (tertiary/aromatic N) is 1. The molecule has 13 heavy (non-hydrogen) atoms. The Morgan fingerprint density at radius 1 is 1.46 bits per heavy atom. The van der Waals surface area contributed by atoms with E-state index in [1.807, 2.05) is 0 Å². The van der Waals surface area contributed by atoms with Gasteiger partial charge in [0.25, 0.3) is 6.43 Å². The van der Waals surface area contributed by atoms with Crippen LogP contribution >= 0.6 is 0 Å². The molecule has 0 radical (unpaired) electrons. The van der Waals surface area contributed by atoms with Gasteiger partial charge in [0.1, 0.15) is 11.4 Å². The summed E-state index contributed by atoms with van der Waals surface area (Å²) in [6.45, 7) is 0. The molecule has 70 valence electrons. The van der Waals surface area contributed by atoms with Gasteiger partial charge in [-0.25, -0.2) is 18.0 Å². The van der Waals surface area contributed by atoms with Crippen LogP contribution in [0.2, 0.25) is 0 Å². The molecule has 1 rings (SSSR count). The number of hydrogen-bond acceptors (Lipinski definition) is 2. The van der Waals surface area contributed by atoms with Gasteiger partial charge in [-0.3, -0.25) is 4.98 Å². The quantitative estimate of drug-likeness (QED) is 0.776. The van der Waals surface area contributed by atoms with E-state index >= 15 is 0 Å². The highest BCUT2D eigenvalue weighted by molar-refractivity contribution is 5.87. The third kappa shape index (κ3) is 1.77. The molecule has 0 aliphatic rings. The number of alkyl halides is 2. The van der Waals surface area contributed by atoms with Crippen molar-refractivity contribution in [3.63, 3.8) is 0 Å². The molecule has 1 heterocycles. The lowest BCUT2D eigenvalue weighted by molar-refractivity contribution is 0.0689. The summed E-state index contributed by atoms with van der Waals surface area (Å²) in [6, 6.07) is 0. The smallest absolute Gasteiger partial charge is 0.340 e. The number of carboxylic acid groups (broad SMARTS) is 1. The summed E-state index contributed by atoms with van der Waals surface area (Å²) in [4.78, 5) is 13.5. The minimum absolute atomic E-state index is 0.604. The van der Waals surface area contributed by atoms with Crippen LogP contribution in [-0.2, 0) is 0 Å². The molecule has 0 aliphatic carbocycles. The molecule has 1 aromatic rings. The Bertz CT molecular complexity index is 341. The van der Waals surface area contributed by atoms with Crippen molar-refractivity contribution in [3.8, 4) is 0 Å². The van der Waals surface area contributed by atoms with E-state index in [1.165, 1.54) is 0 Å². The molecule has 0 bridgehead atoms. The van der Waals surface area contributed by atoms with Crippen molar-refractivity contribution in [3.05, 3.63) is 29.3 Å². The molecule has 1 aromatic heterocycles. The maximum Gasteiger partial charge on any atom is 0.340 e. The number of halogens is 3. The van der Waals surface area contributed by atoms with Crippen LogP contribution in [0.25, 0.3) is 0 Å². The van der Waals surface area contributed by atoms with Gasteiger partial charge >= 0.3 is 5.97 Å². The number of carbonyl (C=O) groups is 1. The van der Waals surface area contributed by atoms with Crippen molar-refractivity contribution in [1.29, 1.82) is 0 Å². The first-order valence-electron chi connectivity index (χ1n) is 3.19. The third-order valence-corrected chi connectivity index (χ3v) is 1.37. The van der Waals surface area contributed by atoms with Crippen molar-refractivity contribution in [1.82, 2.24) is 4.98 Å². The van der Waals surface area contributed by atoms with Gasteiger partial charge in [0.15, 0.2) is 0 Å². The first-order valence-corrected chi connectivity index (χ1v) is 3.19. The minimum atomic E-state index is -3.06. The summed E-state index contributed by atoms with van der Waals surface area (Å²) < 4.78 is 36.9. The second-order valence-electron chi connectivity index (χ2n) is 2.20. The SMILES string of the molecule is O=C(O)c1cncc(C(F)F)c1F. The Hall–Kier alpha value is -1.59. The summed E-state index contributed by atoms with van der Waals surface area (Å²) in [7, 11) is 0. The summed E-state index contributed by atoms with van der Waals surface area (Å²) in [6.07, 6.45) is -1.78. The van der Waals surface area contributed by atoms with Crippen molar-refractivity contribution in [2.24, 2.45) is 0 Å². The van der Waals surface area contributed by atoms with Crippen LogP contribution in [-0.4, -0.2) is 16.1 Å². The van der Waals surface area contributed by atoms with Gasteiger partial charge in [-0.2, -0.15) is 0 Å². The first kappa shape index (κ1) is 9.50. The van der Waals surface area contributed by atoms with Gasteiger partial charge in [-0.05, 0) is 0 Å². The average molecular weight is 191 g/mol. The highest BCUT2D eigenvalue weighted by Crippen LogP contribution is 2.22. The molecule has 0 aliphatic heterocycles. The largest absolute Gasteiger partial charge is 0.478 e. The lowest BCUT2D eigenvalue weighted by atomic mass is 10.2. The Morgan fingerprint density at radius 2 is 2.08 bits per heavy atom. The fraction of sp³-hybridized carbons (Fsp3) is 0.143. The molecule has 0 amide bonds. The van der Waals surface area contributed by atoms with Crippen LogP contribution in [0.15, 0.2) is 12.4 Å². The van der Waals surface area contributed by atoms with E-state index in [0.29, 0.717) is 12.4 Å². The van der Waals surface area contributed by atoms with Gasteiger partial charge in [-0.15, -0.1) is 0 Å². The number of hydrogen-bond donors (Lipinski definition) is 1. The molecule has 3 nitrogen and oxygen atoms in total. The fourth-order valence-corrected chi connectivity index (χ4v) is 0.762. The van der Waals surface area contributed by atoms with Crippen LogP contribution in [0.3, 0.4) is 0 Å². The number of aromatic nitrogens is 1. The highest BCUT2D eigenvalue weighted by atomic mass is 19.3. The molecule has 1 N–H and O–H groups in total. The van der Waals surface area contributed by atoms with Gasteiger partial charge in [0, 0.05) is 12.4 Å². The Balaban J connectivity index is 3.26. The van der Waals surface area contributed by atoms with E-state index in [2.05, 4.69) is 4.98 Å². The molecular formula is C7H4F3NO2. The van der Waals surface area contributed by atoms with Crippen molar-refractivity contribution < 1.29 is 23.1 Å². The van der Waals surface area contributed by atoms with E-state index < -0.39 is 29.3 Å². The summed E-state index contributed by atoms with van der Waals surface area (Å²) in [5.41, 5.74) is -1.85. The second-order valence-corrected chi connectivity index (χ2v) is 2.20. The molecule has 0 atom stereocenters. The molecule has 0 unspecified atom stereocenters. The number of aromatic carboxylic acids is 1. The van der Waals surface area contributed by atoms with Gasteiger partial charge < -0.3 is 5.11 Å². The zero-order valence-electron chi connectivity index (χ0n) is 6.17. The van der Waals surface area contributed by atoms with Gasteiger partial charge in [0.05, 0.1) is 5.56 Å². The predicted octanol–water partition coefficient (Wildman–Crippen LogP) is 1.86.